The third-order valence-corrected chi connectivity index (χ3v) is 3.04. The van der Waals surface area contributed by atoms with E-state index in [1.165, 1.54) is 19.3 Å². The van der Waals surface area contributed by atoms with Gasteiger partial charge in [-0.2, -0.15) is 0 Å². The van der Waals surface area contributed by atoms with Crippen LogP contribution in [0.4, 0.5) is 0 Å². The van der Waals surface area contributed by atoms with Crippen LogP contribution in [0.2, 0.25) is 0 Å². The van der Waals surface area contributed by atoms with Crippen molar-refractivity contribution in [2.24, 2.45) is 5.92 Å². The average Bonchev–Trinajstić information content (AvgIpc) is 2.64. The van der Waals surface area contributed by atoms with Crippen molar-refractivity contribution in [3.8, 4) is 0 Å². The van der Waals surface area contributed by atoms with E-state index < -0.39 is 0 Å². The molecule has 2 atom stereocenters. The molecule has 1 fully saturated rings. The first-order valence-electron chi connectivity index (χ1n) is 6.20. The van der Waals surface area contributed by atoms with Gasteiger partial charge in [-0.15, -0.1) is 0 Å². The molecular formula is C12H23NO3. The number of nitrogens with one attached hydrogen (secondary N) is 1. The van der Waals surface area contributed by atoms with E-state index in [1.807, 2.05) is 0 Å². The lowest BCUT2D eigenvalue weighted by atomic mass is 10.1. The molecule has 4 nitrogen and oxygen atoms in total. The van der Waals surface area contributed by atoms with Crippen molar-refractivity contribution in [2.75, 3.05) is 26.4 Å². The van der Waals surface area contributed by atoms with Gasteiger partial charge in [-0.25, -0.2) is 4.79 Å². The highest BCUT2D eigenvalue weighted by Crippen LogP contribution is 2.24. The molecule has 0 saturated heterocycles. The van der Waals surface area contributed by atoms with Crippen LogP contribution in [0.3, 0.4) is 0 Å². The predicted molar refractivity (Wildman–Crippen MR) is 62.3 cm³/mol. The zero-order valence-electron chi connectivity index (χ0n) is 10.3. The summed E-state index contributed by atoms with van der Waals surface area (Å²) in [5.74, 6) is 0.488. The van der Waals surface area contributed by atoms with E-state index >= 15 is 0 Å². The molecule has 1 saturated carbocycles. The fourth-order valence-corrected chi connectivity index (χ4v) is 2.12. The maximum atomic E-state index is 10.9. The highest BCUT2D eigenvalue weighted by atomic mass is 16.6. The highest BCUT2D eigenvalue weighted by Gasteiger charge is 2.22. The van der Waals surface area contributed by atoms with Gasteiger partial charge in [0.15, 0.2) is 0 Å². The van der Waals surface area contributed by atoms with Crippen LogP contribution in [-0.4, -0.2) is 38.4 Å². The maximum Gasteiger partial charge on any atom is 0.332 e. The smallest absolute Gasteiger partial charge is 0.332 e. The second-order valence-corrected chi connectivity index (χ2v) is 4.33. The van der Waals surface area contributed by atoms with E-state index in [1.54, 1.807) is 6.92 Å². The van der Waals surface area contributed by atoms with Crippen LogP contribution >= 0.6 is 0 Å². The Balaban J connectivity index is 1.93. The molecule has 16 heavy (non-hydrogen) atoms. The molecule has 1 N–H and O–H groups in total. The number of carbonyl (C=O) groups is 1. The molecule has 0 heterocycles. The van der Waals surface area contributed by atoms with Gasteiger partial charge in [0, 0.05) is 12.6 Å². The first kappa shape index (κ1) is 13.5. The molecule has 94 valence electrons. The van der Waals surface area contributed by atoms with E-state index in [0.29, 0.717) is 19.3 Å². The SMILES string of the molecule is CCOC(=O)COCCNC1CCCC1C. The fraction of sp³-hybridized carbons (Fsp3) is 0.917. The van der Waals surface area contributed by atoms with Crippen LogP contribution in [0.5, 0.6) is 0 Å². The predicted octanol–water partition coefficient (Wildman–Crippen LogP) is 1.34. The number of hydrogen-bond acceptors (Lipinski definition) is 4. The van der Waals surface area contributed by atoms with Crippen molar-refractivity contribution in [1.29, 1.82) is 0 Å². The van der Waals surface area contributed by atoms with Gasteiger partial charge in [-0.05, 0) is 25.7 Å². The second-order valence-electron chi connectivity index (χ2n) is 4.33. The zero-order chi connectivity index (χ0) is 11.8. The van der Waals surface area contributed by atoms with Crippen molar-refractivity contribution in [3.05, 3.63) is 0 Å². The number of rotatable bonds is 7. The summed E-state index contributed by atoms with van der Waals surface area (Å²) >= 11 is 0. The van der Waals surface area contributed by atoms with Crippen molar-refractivity contribution < 1.29 is 14.3 Å². The van der Waals surface area contributed by atoms with Crippen LogP contribution in [0.15, 0.2) is 0 Å². The van der Waals surface area contributed by atoms with Crippen LogP contribution < -0.4 is 5.32 Å². The maximum absolute atomic E-state index is 10.9. The molecule has 0 spiro atoms. The number of carbonyl (C=O) groups excluding carboxylic acids is 1. The zero-order valence-corrected chi connectivity index (χ0v) is 10.3. The van der Waals surface area contributed by atoms with Crippen LogP contribution in [0.1, 0.15) is 33.1 Å². The molecule has 1 aliphatic rings. The fourth-order valence-electron chi connectivity index (χ4n) is 2.12. The molecule has 0 amide bonds. The summed E-state index contributed by atoms with van der Waals surface area (Å²) in [4.78, 5) is 10.9. The Bertz CT molecular complexity index is 208. The molecule has 0 aromatic carbocycles. The lowest BCUT2D eigenvalue weighted by Crippen LogP contribution is -2.34. The van der Waals surface area contributed by atoms with Gasteiger partial charge in [0.25, 0.3) is 0 Å². The van der Waals surface area contributed by atoms with E-state index in [-0.39, 0.29) is 12.6 Å². The second kappa shape index (κ2) is 7.63. The minimum Gasteiger partial charge on any atom is -0.464 e. The number of hydrogen-bond donors (Lipinski definition) is 1. The summed E-state index contributed by atoms with van der Waals surface area (Å²) in [6, 6.07) is 0.631. The summed E-state index contributed by atoms with van der Waals surface area (Å²) in [6.45, 7) is 5.94. The Morgan fingerprint density at radius 2 is 2.25 bits per heavy atom. The Hall–Kier alpha value is -0.610. The quantitative estimate of drug-likeness (QED) is 0.529. The van der Waals surface area contributed by atoms with Gasteiger partial charge >= 0.3 is 5.97 Å². The van der Waals surface area contributed by atoms with E-state index in [9.17, 15) is 4.79 Å². The Morgan fingerprint density at radius 3 is 2.88 bits per heavy atom. The van der Waals surface area contributed by atoms with Gasteiger partial charge in [-0.1, -0.05) is 13.3 Å². The van der Waals surface area contributed by atoms with E-state index in [2.05, 4.69) is 12.2 Å². The highest BCUT2D eigenvalue weighted by molar-refractivity contribution is 5.70. The Kier molecular flexibility index (Phi) is 6.42. The molecule has 0 aromatic rings. The number of esters is 1. The number of ether oxygens (including phenoxy) is 2. The van der Waals surface area contributed by atoms with E-state index in [0.717, 1.165) is 12.5 Å². The van der Waals surface area contributed by atoms with Crippen LogP contribution in [0, 0.1) is 5.92 Å². The molecular weight excluding hydrogens is 206 g/mol. The summed E-state index contributed by atoms with van der Waals surface area (Å²) in [7, 11) is 0. The monoisotopic (exact) mass is 229 g/mol. The molecule has 0 bridgehead atoms. The van der Waals surface area contributed by atoms with Crippen molar-refractivity contribution in [1.82, 2.24) is 5.32 Å². The van der Waals surface area contributed by atoms with Crippen molar-refractivity contribution in [2.45, 2.75) is 39.2 Å². The standard InChI is InChI=1S/C12H23NO3/c1-3-16-12(14)9-15-8-7-13-11-6-4-5-10(11)2/h10-11,13H,3-9H2,1-2H3. The molecule has 0 aromatic heterocycles. The molecule has 0 radical (unpaired) electrons. The lowest BCUT2D eigenvalue weighted by molar-refractivity contribution is -0.148. The van der Waals surface area contributed by atoms with E-state index in [4.69, 9.17) is 9.47 Å². The molecule has 0 aliphatic heterocycles. The first-order chi connectivity index (χ1) is 7.74. The summed E-state index contributed by atoms with van der Waals surface area (Å²) in [6.07, 6.45) is 3.91. The van der Waals surface area contributed by atoms with Crippen LogP contribution in [0.25, 0.3) is 0 Å². The minimum atomic E-state index is -0.281. The molecule has 4 heteroatoms. The van der Waals surface area contributed by atoms with Gasteiger partial charge in [0.2, 0.25) is 0 Å². The average molecular weight is 229 g/mol. The molecule has 1 aliphatic carbocycles. The lowest BCUT2D eigenvalue weighted by Gasteiger charge is -2.16. The largest absolute Gasteiger partial charge is 0.464 e. The third-order valence-electron chi connectivity index (χ3n) is 3.04. The summed E-state index contributed by atoms with van der Waals surface area (Å²) in [5.41, 5.74) is 0. The van der Waals surface area contributed by atoms with Gasteiger partial charge in [-0.3, -0.25) is 0 Å². The Labute approximate surface area is 97.7 Å². The van der Waals surface area contributed by atoms with Gasteiger partial charge in [0.1, 0.15) is 6.61 Å². The van der Waals surface area contributed by atoms with Gasteiger partial charge < -0.3 is 14.8 Å². The van der Waals surface area contributed by atoms with Crippen molar-refractivity contribution in [3.63, 3.8) is 0 Å². The van der Waals surface area contributed by atoms with Gasteiger partial charge in [0.05, 0.1) is 13.2 Å². The Morgan fingerprint density at radius 1 is 1.44 bits per heavy atom. The topological polar surface area (TPSA) is 47.6 Å². The third kappa shape index (κ3) is 4.94. The van der Waals surface area contributed by atoms with Crippen molar-refractivity contribution >= 4 is 5.97 Å². The van der Waals surface area contributed by atoms with Crippen LogP contribution in [-0.2, 0) is 14.3 Å². The molecule has 2 unspecified atom stereocenters. The summed E-state index contributed by atoms with van der Waals surface area (Å²) in [5, 5.41) is 3.46. The molecule has 1 rings (SSSR count). The first-order valence-corrected chi connectivity index (χ1v) is 6.20. The minimum absolute atomic E-state index is 0.0652. The summed E-state index contributed by atoms with van der Waals surface area (Å²) < 4.78 is 9.96. The normalized spacial score (nSPS) is 24.6.